The van der Waals surface area contributed by atoms with E-state index in [1.54, 1.807) is 4.90 Å². The number of carbonyl (C=O) groups excluding carboxylic acids is 1. The maximum atomic E-state index is 13.4. The summed E-state index contributed by atoms with van der Waals surface area (Å²) in [4.78, 5) is 21.8. The third-order valence-electron chi connectivity index (χ3n) is 6.02. The number of piperazine rings is 1. The molecule has 3 aromatic rings. The molecule has 2 heterocycles. The Kier molecular flexibility index (Phi) is 4.57. The molecule has 0 spiro atoms. The molecule has 0 bridgehead atoms. The van der Waals surface area contributed by atoms with Crippen LogP contribution in [0.1, 0.15) is 40.4 Å². The molecule has 2 fully saturated rings. The number of benzene rings is 2. The van der Waals surface area contributed by atoms with Gasteiger partial charge in [0.25, 0.3) is 5.91 Å². The van der Waals surface area contributed by atoms with Crippen LogP contribution in [0.25, 0.3) is 10.9 Å². The second-order valence-electron chi connectivity index (χ2n) is 8.09. The van der Waals surface area contributed by atoms with Gasteiger partial charge in [-0.1, -0.05) is 48.5 Å². The van der Waals surface area contributed by atoms with Crippen LogP contribution < -0.4 is 4.90 Å². The zero-order chi connectivity index (χ0) is 18.9. The van der Waals surface area contributed by atoms with E-state index in [0.29, 0.717) is 5.92 Å². The van der Waals surface area contributed by atoms with Crippen LogP contribution in [0, 0.1) is 0 Å². The summed E-state index contributed by atoms with van der Waals surface area (Å²) in [7, 11) is 0. The van der Waals surface area contributed by atoms with E-state index >= 15 is 0 Å². The third kappa shape index (κ3) is 3.52. The highest BCUT2D eigenvalue weighted by molar-refractivity contribution is 6.06. The van der Waals surface area contributed by atoms with Crippen molar-refractivity contribution in [3.05, 3.63) is 77.5 Å². The Morgan fingerprint density at radius 1 is 1.00 bits per heavy atom. The predicted molar refractivity (Wildman–Crippen MR) is 110 cm³/mol. The fourth-order valence-electron chi connectivity index (χ4n) is 4.22. The first-order chi connectivity index (χ1) is 13.8. The minimum atomic E-state index is 0.166. The van der Waals surface area contributed by atoms with Gasteiger partial charge < -0.3 is 9.80 Å². The van der Waals surface area contributed by atoms with Gasteiger partial charge in [-0.15, -0.1) is 0 Å². The summed E-state index contributed by atoms with van der Waals surface area (Å²) < 4.78 is 0. The van der Waals surface area contributed by atoms with Gasteiger partial charge in [0.2, 0.25) is 0 Å². The molecule has 1 aliphatic carbocycles. The fraction of sp³-hybridized carbons (Fsp3) is 0.333. The molecule has 1 aromatic heterocycles. The highest BCUT2D eigenvalue weighted by Gasteiger charge is 2.29. The van der Waals surface area contributed by atoms with Crippen molar-refractivity contribution in [3.63, 3.8) is 0 Å². The van der Waals surface area contributed by atoms with Crippen molar-refractivity contribution in [1.29, 1.82) is 0 Å². The molecule has 0 atom stereocenters. The molecule has 5 rings (SSSR count). The average molecular weight is 372 g/mol. The normalized spacial score (nSPS) is 17.8. The Balaban J connectivity index is 1.33. The first-order valence-corrected chi connectivity index (χ1v) is 10.3. The third-order valence-corrected chi connectivity index (χ3v) is 6.02. The SMILES string of the molecule is O=C(c1cc(C2CC2)nc2ccccc12)N1CC[NH+](Cc2ccccc2)CC1. The number of hydrogen-bond acceptors (Lipinski definition) is 2. The van der Waals surface area contributed by atoms with Crippen molar-refractivity contribution < 1.29 is 9.69 Å². The van der Waals surface area contributed by atoms with E-state index in [1.165, 1.54) is 18.4 Å². The zero-order valence-electron chi connectivity index (χ0n) is 16.1. The van der Waals surface area contributed by atoms with Crippen LogP contribution >= 0.6 is 0 Å². The van der Waals surface area contributed by atoms with Crippen molar-refractivity contribution in [2.24, 2.45) is 0 Å². The minimum Gasteiger partial charge on any atom is -0.328 e. The van der Waals surface area contributed by atoms with E-state index < -0.39 is 0 Å². The van der Waals surface area contributed by atoms with Gasteiger partial charge >= 0.3 is 0 Å². The van der Waals surface area contributed by atoms with Gasteiger partial charge in [0.1, 0.15) is 6.54 Å². The summed E-state index contributed by atoms with van der Waals surface area (Å²) in [6, 6.07) is 20.8. The molecule has 1 saturated heterocycles. The quantitative estimate of drug-likeness (QED) is 0.765. The van der Waals surface area contributed by atoms with E-state index in [4.69, 9.17) is 4.98 Å². The molecular formula is C24H26N3O+. The van der Waals surface area contributed by atoms with Crippen LogP contribution in [0.4, 0.5) is 0 Å². The van der Waals surface area contributed by atoms with Crippen LogP contribution in [-0.2, 0) is 6.54 Å². The number of nitrogens with one attached hydrogen (secondary N) is 1. The number of para-hydroxylation sites is 1. The smallest absolute Gasteiger partial charge is 0.255 e. The summed E-state index contributed by atoms with van der Waals surface area (Å²) in [6.45, 7) is 4.66. The van der Waals surface area contributed by atoms with Gasteiger partial charge in [-0.05, 0) is 25.0 Å². The maximum Gasteiger partial charge on any atom is 0.255 e. The maximum absolute atomic E-state index is 13.4. The van der Waals surface area contributed by atoms with Gasteiger partial charge in [0.15, 0.2) is 0 Å². The second-order valence-corrected chi connectivity index (χ2v) is 8.09. The summed E-state index contributed by atoms with van der Waals surface area (Å²) in [5.74, 6) is 0.711. The molecular weight excluding hydrogens is 346 g/mol. The van der Waals surface area contributed by atoms with Crippen LogP contribution in [0.15, 0.2) is 60.7 Å². The van der Waals surface area contributed by atoms with E-state index in [2.05, 4.69) is 36.4 Å². The van der Waals surface area contributed by atoms with Crippen molar-refractivity contribution >= 4 is 16.8 Å². The van der Waals surface area contributed by atoms with Crippen LogP contribution in [-0.4, -0.2) is 42.0 Å². The minimum absolute atomic E-state index is 0.166. The number of fused-ring (bicyclic) bond motifs is 1. The van der Waals surface area contributed by atoms with E-state index in [-0.39, 0.29) is 5.91 Å². The predicted octanol–water partition coefficient (Wildman–Crippen LogP) is 2.65. The topological polar surface area (TPSA) is 37.6 Å². The van der Waals surface area contributed by atoms with Crippen molar-refractivity contribution in [1.82, 2.24) is 9.88 Å². The van der Waals surface area contributed by atoms with Gasteiger partial charge in [-0.3, -0.25) is 9.78 Å². The number of hydrogen-bond donors (Lipinski definition) is 1. The van der Waals surface area contributed by atoms with Crippen LogP contribution in [0.2, 0.25) is 0 Å². The highest BCUT2D eigenvalue weighted by Crippen LogP contribution is 2.40. The first kappa shape index (κ1) is 17.4. The van der Waals surface area contributed by atoms with Gasteiger partial charge in [0, 0.05) is 22.6 Å². The molecule has 2 aromatic carbocycles. The number of rotatable bonds is 4. The lowest BCUT2D eigenvalue weighted by molar-refractivity contribution is -0.917. The van der Waals surface area contributed by atoms with E-state index in [9.17, 15) is 4.79 Å². The number of quaternary nitrogens is 1. The van der Waals surface area contributed by atoms with Crippen molar-refractivity contribution in [2.45, 2.75) is 25.3 Å². The van der Waals surface area contributed by atoms with Crippen LogP contribution in [0.5, 0.6) is 0 Å². The standard InChI is InChI=1S/C24H25N3O/c28-24(27-14-12-26(13-15-27)17-18-6-2-1-3-7-18)21-16-23(19-10-11-19)25-22-9-5-4-8-20(21)22/h1-9,16,19H,10-15,17H2/p+1. The molecule has 4 nitrogen and oxygen atoms in total. The Bertz CT molecular complexity index is 989. The molecule has 142 valence electrons. The molecule has 1 amide bonds. The van der Waals surface area contributed by atoms with Crippen LogP contribution in [0.3, 0.4) is 0 Å². The van der Waals surface area contributed by atoms with Crippen molar-refractivity contribution in [3.8, 4) is 0 Å². The summed E-state index contributed by atoms with van der Waals surface area (Å²) in [5.41, 5.74) is 4.24. The van der Waals surface area contributed by atoms with E-state index in [1.807, 2.05) is 29.2 Å². The number of nitrogens with zero attached hydrogens (tertiary/aromatic N) is 2. The Hall–Kier alpha value is -2.72. The monoisotopic (exact) mass is 372 g/mol. The molecule has 1 aliphatic heterocycles. The van der Waals surface area contributed by atoms with Gasteiger partial charge in [-0.25, -0.2) is 0 Å². The second kappa shape index (κ2) is 7.36. The molecule has 0 unspecified atom stereocenters. The molecule has 4 heteroatoms. The molecule has 0 radical (unpaired) electrons. The lowest BCUT2D eigenvalue weighted by atomic mass is 10.0. The number of carbonyl (C=O) groups is 1. The summed E-state index contributed by atoms with van der Waals surface area (Å²) in [5, 5.41) is 0.982. The van der Waals surface area contributed by atoms with Crippen molar-refractivity contribution in [2.75, 3.05) is 26.2 Å². The van der Waals surface area contributed by atoms with Gasteiger partial charge in [0.05, 0.1) is 37.3 Å². The van der Waals surface area contributed by atoms with E-state index in [0.717, 1.165) is 54.9 Å². The highest BCUT2D eigenvalue weighted by atomic mass is 16.2. The lowest BCUT2D eigenvalue weighted by Crippen LogP contribution is -3.13. The average Bonchev–Trinajstić information content (AvgIpc) is 3.59. The fourth-order valence-corrected chi connectivity index (χ4v) is 4.22. The molecule has 2 aliphatic rings. The first-order valence-electron chi connectivity index (χ1n) is 10.3. The number of amides is 1. The Morgan fingerprint density at radius 3 is 2.46 bits per heavy atom. The largest absolute Gasteiger partial charge is 0.328 e. The number of aromatic nitrogens is 1. The molecule has 28 heavy (non-hydrogen) atoms. The summed E-state index contributed by atoms with van der Waals surface area (Å²) >= 11 is 0. The lowest BCUT2D eigenvalue weighted by Gasteiger charge is -2.32. The summed E-state index contributed by atoms with van der Waals surface area (Å²) in [6.07, 6.45) is 2.39. The molecule has 1 N–H and O–H groups in total. The number of pyridine rings is 1. The Labute approximate surface area is 165 Å². The Morgan fingerprint density at radius 2 is 1.71 bits per heavy atom. The zero-order valence-corrected chi connectivity index (χ0v) is 16.1. The van der Waals surface area contributed by atoms with Gasteiger partial charge in [-0.2, -0.15) is 0 Å². The molecule has 1 saturated carbocycles.